The fourth-order valence-electron chi connectivity index (χ4n) is 1.80. The van der Waals surface area contributed by atoms with Crippen LogP contribution in [-0.2, 0) is 6.42 Å². The van der Waals surface area contributed by atoms with Gasteiger partial charge < -0.3 is 15.5 Å². The van der Waals surface area contributed by atoms with E-state index < -0.39 is 5.60 Å². The van der Waals surface area contributed by atoms with Gasteiger partial charge in [0.2, 0.25) is 0 Å². The van der Waals surface area contributed by atoms with E-state index in [1.807, 2.05) is 13.0 Å². The molecule has 96 valence electrons. The smallest absolute Gasteiger partial charge is 0.115 e. The van der Waals surface area contributed by atoms with Crippen LogP contribution in [0.3, 0.4) is 0 Å². The minimum absolute atomic E-state index is 0.244. The second-order valence-corrected chi connectivity index (χ2v) is 5.37. The standard InChI is InChI=1S/C14H23NO2/c1-11(2)9-15-10-14(3,17)8-12-5-4-6-13(16)7-12/h4-7,11,15-17H,8-10H2,1-3H3. The Morgan fingerprint density at radius 1 is 1.35 bits per heavy atom. The highest BCUT2D eigenvalue weighted by Crippen LogP contribution is 2.17. The van der Waals surface area contributed by atoms with Gasteiger partial charge in [0.1, 0.15) is 5.75 Å². The first-order valence-corrected chi connectivity index (χ1v) is 6.10. The van der Waals surface area contributed by atoms with E-state index in [0.717, 1.165) is 12.1 Å². The van der Waals surface area contributed by atoms with E-state index in [4.69, 9.17) is 0 Å². The molecule has 0 aliphatic rings. The van der Waals surface area contributed by atoms with Crippen LogP contribution in [0.5, 0.6) is 5.75 Å². The summed E-state index contributed by atoms with van der Waals surface area (Å²) in [5, 5.41) is 22.8. The lowest BCUT2D eigenvalue weighted by Gasteiger charge is -2.24. The van der Waals surface area contributed by atoms with Crippen molar-refractivity contribution in [3.8, 4) is 5.75 Å². The highest BCUT2D eigenvalue weighted by molar-refractivity contribution is 5.28. The molecule has 1 unspecified atom stereocenters. The number of aromatic hydroxyl groups is 1. The number of rotatable bonds is 6. The van der Waals surface area contributed by atoms with Gasteiger partial charge in [-0.05, 0) is 37.1 Å². The van der Waals surface area contributed by atoms with Gasteiger partial charge in [-0.3, -0.25) is 0 Å². The number of phenolic OH excluding ortho intramolecular Hbond substituents is 1. The van der Waals surface area contributed by atoms with E-state index >= 15 is 0 Å². The number of nitrogens with one attached hydrogen (secondary N) is 1. The van der Waals surface area contributed by atoms with Crippen molar-refractivity contribution in [2.24, 2.45) is 5.92 Å². The molecule has 0 aromatic heterocycles. The molecule has 3 heteroatoms. The second-order valence-electron chi connectivity index (χ2n) is 5.37. The summed E-state index contributed by atoms with van der Waals surface area (Å²) >= 11 is 0. The summed E-state index contributed by atoms with van der Waals surface area (Å²) in [7, 11) is 0. The molecule has 1 rings (SSSR count). The van der Waals surface area contributed by atoms with Gasteiger partial charge in [0, 0.05) is 13.0 Å². The van der Waals surface area contributed by atoms with Gasteiger partial charge in [-0.2, -0.15) is 0 Å². The molecule has 17 heavy (non-hydrogen) atoms. The van der Waals surface area contributed by atoms with Crippen LogP contribution in [0, 0.1) is 5.92 Å². The monoisotopic (exact) mass is 237 g/mol. The highest BCUT2D eigenvalue weighted by atomic mass is 16.3. The van der Waals surface area contributed by atoms with E-state index in [1.165, 1.54) is 0 Å². The molecule has 0 aliphatic heterocycles. The first kappa shape index (κ1) is 14.0. The summed E-state index contributed by atoms with van der Waals surface area (Å²) in [5.74, 6) is 0.819. The van der Waals surface area contributed by atoms with Crippen molar-refractivity contribution in [1.82, 2.24) is 5.32 Å². The van der Waals surface area contributed by atoms with E-state index in [-0.39, 0.29) is 5.75 Å². The molecule has 1 aromatic rings. The van der Waals surface area contributed by atoms with E-state index in [9.17, 15) is 10.2 Å². The lowest BCUT2D eigenvalue weighted by molar-refractivity contribution is 0.0595. The van der Waals surface area contributed by atoms with E-state index in [1.54, 1.807) is 18.2 Å². The van der Waals surface area contributed by atoms with Crippen molar-refractivity contribution in [1.29, 1.82) is 0 Å². The maximum atomic E-state index is 10.2. The molecule has 0 radical (unpaired) electrons. The summed E-state index contributed by atoms with van der Waals surface area (Å²) in [6.07, 6.45) is 0.534. The molecule has 0 spiro atoms. The van der Waals surface area contributed by atoms with Crippen molar-refractivity contribution in [2.75, 3.05) is 13.1 Å². The van der Waals surface area contributed by atoms with Crippen LogP contribution in [0.2, 0.25) is 0 Å². The molecule has 0 heterocycles. The van der Waals surface area contributed by atoms with Gasteiger partial charge in [-0.1, -0.05) is 26.0 Å². The van der Waals surface area contributed by atoms with Crippen LogP contribution in [0.25, 0.3) is 0 Å². The zero-order valence-electron chi connectivity index (χ0n) is 10.9. The molecule has 1 aromatic carbocycles. The predicted octanol–water partition coefficient (Wildman–Crippen LogP) is 1.93. The number of hydrogen-bond donors (Lipinski definition) is 3. The Kier molecular flexibility index (Phi) is 4.97. The molecule has 3 nitrogen and oxygen atoms in total. The van der Waals surface area contributed by atoms with Crippen LogP contribution in [0.15, 0.2) is 24.3 Å². The van der Waals surface area contributed by atoms with Gasteiger partial charge in [0.25, 0.3) is 0 Å². The SMILES string of the molecule is CC(C)CNCC(C)(O)Cc1cccc(O)c1. The minimum atomic E-state index is -0.789. The Bertz CT molecular complexity index is 348. The van der Waals surface area contributed by atoms with Crippen LogP contribution >= 0.6 is 0 Å². The Balaban J connectivity index is 2.48. The van der Waals surface area contributed by atoms with Gasteiger partial charge in [-0.25, -0.2) is 0 Å². The molecule has 0 bridgehead atoms. The number of phenols is 1. The van der Waals surface area contributed by atoms with Crippen molar-refractivity contribution >= 4 is 0 Å². The summed E-state index contributed by atoms with van der Waals surface area (Å²) in [6.45, 7) is 7.54. The average Bonchev–Trinajstić information content (AvgIpc) is 2.15. The fourth-order valence-corrected chi connectivity index (χ4v) is 1.80. The molecule has 0 aliphatic carbocycles. The lowest BCUT2D eigenvalue weighted by atomic mass is 9.96. The normalized spacial score (nSPS) is 14.9. The van der Waals surface area contributed by atoms with Crippen LogP contribution < -0.4 is 5.32 Å². The predicted molar refractivity (Wildman–Crippen MR) is 70.1 cm³/mol. The highest BCUT2D eigenvalue weighted by Gasteiger charge is 2.20. The first-order valence-electron chi connectivity index (χ1n) is 6.10. The van der Waals surface area contributed by atoms with Crippen molar-refractivity contribution in [2.45, 2.75) is 32.8 Å². The summed E-state index contributed by atoms with van der Waals surface area (Å²) in [5.41, 5.74) is 0.157. The zero-order chi connectivity index (χ0) is 12.9. The minimum Gasteiger partial charge on any atom is -0.508 e. The Hall–Kier alpha value is -1.06. The van der Waals surface area contributed by atoms with Gasteiger partial charge in [0.05, 0.1) is 5.60 Å². The van der Waals surface area contributed by atoms with Crippen molar-refractivity contribution in [3.63, 3.8) is 0 Å². The molecule has 0 amide bonds. The van der Waals surface area contributed by atoms with Gasteiger partial charge in [-0.15, -0.1) is 0 Å². The topological polar surface area (TPSA) is 52.5 Å². The fraction of sp³-hybridized carbons (Fsp3) is 0.571. The van der Waals surface area contributed by atoms with Crippen molar-refractivity contribution < 1.29 is 10.2 Å². The molecule has 1 atom stereocenters. The van der Waals surface area contributed by atoms with Gasteiger partial charge >= 0.3 is 0 Å². The molecule has 3 N–H and O–H groups in total. The van der Waals surface area contributed by atoms with Crippen LogP contribution in [0.1, 0.15) is 26.3 Å². The molecule has 0 saturated heterocycles. The summed E-state index contributed by atoms with van der Waals surface area (Å²) in [6, 6.07) is 7.03. The van der Waals surface area contributed by atoms with Crippen LogP contribution in [0.4, 0.5) is 0 Å². The van der Waals surface area contributed by atoms with Crippen LogP contribution in [-0.4, -0.2) is 28.9 Å². The first-order chi connectivity index (χ1) is 7.89. The van der Waals surface area contributed by atoms with E-state index in [0.29, 0.717) is 18.9 Å². The molecule has 0 fully saturated rings. The zero-order valence-corrected chi connectivity index (χ0v) is 10.9. The van der Waals surface area contributed by atoms with E-state index in [2.05, 4.69) is 19.2 Å². The number of hydrogen-bond acceptors (Lipinski definition) is 3. The third-order valence-corrected chi connectivity index (χ3v) is 2.55. The third-order valence-electron chi connectivity index (χ3n) is 2.55. The summed E-state index contributed by atoms with van der Waals surface area (Å²) < 4.78 is 0. The maximum absolute atomic E-state index is 10.2. The Labute approximate surface area is 103 Å². The number of benzene rings is 1. The Morgan fingerprint density at radius 3 is 2.65 bits per heavy atom. The molecule has 0 saturated carbocycles. The third kappa shape index (κ3) is 5.71. The largest absolute Gasteiger partial charge is 0.508 e. The quantitative estimate of drug-likeness (QED) is 0.708. The number of aliphatic hydroxyl groups is 1. The summed E-state index contributed by atoms with van der Waals surface area (Å²) in [4.78, 5) is 0. The molecular formula is C14H23NO2. The average molecular weight is 237 g/mol. The second kappa shape index (κ2) is 6.03. The molecular weight excluding hydrogens is 214 g/mol. The Morgan fingerprint density at radius 2 is 2.06 bits per heavy atom. The maximum Gasteiger partial charge on any atom is 0.115 e. The van der Waals surface area contributed by atoms with Gasteiger partial charge in [0.15, 0.2) is 0 Å². The van der Waals surface area contributed by atoms with Crippen molar-refractivity contribution in [3.05, 3.63) is 29.8 Å². The lowest BCUT2D eigenvalue weighted by Crippen LogP contribution is -2.40.